The molecule has 0 atom stereocenters. The fourth-order valence-corrected chi connectivity index (χ4v) is 2.67. The van der Waals surface area contributed by atoms with Crippen LogP contribution in [0, 0.1) is 5.82 Å². The van der Waals surface area contributed by atoms with Crippen LogP contribution in [0.15, 0.2) is 54.6 Å². The van der Waals surface area contributed by atoms with Crippen molar-refractivity contribution in [2.45, 2.75) is 26.4 Å². The first kappa shape index (κ1) is 18.9. The van der Waals surface area contributed by atoms with Gasteiger partial charge in [0, 0.05) is 19.2 Å². The topological polar surface area (TPSA) is 40.5 Å². The van der Waals surface area contributed by atoms with Gasteiger partial charge in [0.25, 0.3) is 5.91 Å². The van der Waals surface area contributed by atoms with E-state index >= 15 is 0 Å². The van der Waals surface area contributed by atoms with Crippen molar-refractivity contribution in [2.75, 3.05) is 13.6 Å². The summed E-state index contributed by atoms with van der Waals surface area (Å²) in [6.45, 7) is 2.64. The molecule has 0 saturated carbocycles. The van der Waals surface area contributed by atoms with E-state index in [1.54, 1.807) is 24.1 Å². The molecule has 2 aromatic carbocycles. The quantitative estimate of drug-likeness (QED) is 0.817. The summed E-state index contributed by atoms with van der Waals surface area (Å²) in [5.41, 5.74) is 3.48. The Labute approximate surface area is 148 Å². The molecule has 0 aliphatic rings. The fourth-order valence-electron chi connectivity index (χ4n) is 2.67. The fraction of sp³-hybridized carbons (Fsp3) is 0.286. The lowest BCUT2D eigenvalue weighted by atomic mass is 10.00. The summed E-state index contributed by atoms with van der Waals surface area (Å²) in [7, 11) is 1.73. The third-order valence-electron chi connectivity index (χ3n) is 4.09. The zero-order valence-corrected chi connectivity index (χ0v) is 14.7. The summed E-state index contributed by atoms with van der Waals surface area (Å²) in [5, 5.41) is 9.15. The van der Waals surface area contributed by atoms with Crippen molar-refractivity contribution in [3.8, 4) is 0 Å². The molecule has 2 rings (SSSR count). The molecule has 25 heavy (non-hydrogen) atoms. The summed E-state index contributed by atoms with van der Waals surface area (Å²) in [5.74, 6) is -0.597. The zero-order chi connectivity index (χ0) is 18.2. The van der Waals surface area contributed by atoms with Crippen molar-refractivity contribution in [1.82, 2.24) is 4.90 Å². The Kier molecular flexibility index (Phi) is 6.90. The molecule has 1 amide bonds. The van der Waals surface area contributed by atoms with E-state index in [-0.39, 0.29) is 12.5 Å². The van der Waals surface area contributed by atoms with E-state index in [4.69, 9.17) is 5.11 Å². The summed E-state index contributed by atoms with van der Waals surface area (Å²) in [6.07, 6.45) is 3.76. The van der Waals surface area contributed by atoms with Crippen LogP contribution in [-0.2, 0) is 6.61 Å². The minimum Gasteiger partial charge on any atom is -0.392 e. The monoisotopic (exact) mass is 341 g/mol. The Bertz CT molecular complexity index is 738. The SMILES string of the molecule is CC/C=C(/CCN(C)C(=O)c1cccc(F)c1)c1ccc(CO)cc1. The van der Waals surface area contributed by atoms with E-state index in [2.05, 4.69) is 13.0 Å². The molecule has 0 aliphatic heterocycles. The van der Waals surface area contributed by atoms with E-state index in [0.29, 0.717) is 18.5 Å². The van der Waals surface area contributed by atoms with Crippen LogP contribution < -0.4 is 0 Å². The van der Waals surface area contributed by atoms with Gasteiger partial charge < -0.3 is 10.0 Å². The highest BCUT2D eigenvalue weighted by Gasteiger charge is 2.13. The van der Waals surface area contributed by atoms with Crippen molar-refractivity contribution >= 4 is 11.5 Å². The number of carbonyl (C=O) groups excluding carboxylic acids is 1. The minimum absolute atomic E-state index is 0.0258. The maximum absolute atomic E-state index is 13.3. The molecule has 0 radical (unpaired) electrons. The third-order valence-corrected chi connectivity index (χ3v) is 4.09. The van der Waals surface area contributed by atoms with Crippen molar-refractivity contribution in [3.05, 3.63) is 77.1 Å². The number of amides is 1. The Morgan fingerprint density at radius 2 is 1.88 bits per heavy atom. The highest BCUT2D eigenvalue weighted by molar-refractivity contribution is 5.94. The molecular weight excluding hydrogens is 317 g/mol. The first-order chi connectivity index (χ1) is 12.0. The van der Waals surface area contributed by atoms with Gasteiger partial charge in [0.05, 0.1) is 6.61 Å². The second-order valence-electron chi connectivity index (χ2n) is 5.98. The van der Waals surface area contributed by atoms with Crippen LogP contribution >= 0.6 is 0 Å². The van der Waals surface area contributed by atoms with E-state index in [1.807, 2.05) is 24.3 Å². The number of carbonyl (C=O) groups is 1. The summed E-state index contributed by atoms with van der Waals surface area (Å²) in [6, 6.07) is 13.5. The second-order valence-corrected chi connectivity index (χ2v) is 5.98. The van der Waals surface area contributed by atoms with Gasteiger partial charge in [-0.3, -0.25) is 4.79 Å². The van der Waals surface area contributed by atoms with E-state index < -0.39 is 5.82 Å². The zero-order valence-electron chi connectivity index (χ0n) is 14.7. The number of allylic oxidation sites excluding steroid dienone is 1. The lowest BCUT2D eigenvalue weighted by molar-refractivity contribution is 0.0797. The Morgan fingerprint density at radius 3 is 2.48 bits per heavy atom. The first-order valence-corrected chi connectivity index (χ1v) is 8.45. The van der Waals surface area contributed by atoms with Crippen LogP contribution in [0.2, 0.25) is 0 Å². The number of hydrogen-bond acceptors (Lipinski definition) is 2. The smallest absolute Gasteiger partial charge is 0.253 e. The van der Waals surface area contributed by atoms with Gasteiger partial charge in [-0.2, -0.15) is 0 Å². The Hall–Kier alpha value is -2.46. The van der Waals surface area contributed by atoms with Gasteiger partial charge in [-0.1, -0.05) is 43.3 Å². The van der Waals surface area contributed by atoms with Crippen molar-refractivity contribution in [3.63, 3.8) is 0 Å². The molecule has 0 aromatic heterocycles. The molecule has 4 heteroatoms. The van der Waals surface area contributed by atoms with Crippen LogP contribution in [0.4, 0.5) is 4.39 Å². The lowest BCUT2D eigenvalue weighted by Crippen LogP contribution is -2.28. The van der Waals surface area contributed by atoms with Gasteiger partial charge in [0.1, 0.15) is 5.82 Å². The van der Waals surface area contributed by atoms with Gasteiger partial charge in [-0.25, -0.2) is 4.39 Å². The molecule has 2 aromatic rings. The predicted octanol–water partition coefficient (Wildman–Crippen LogP) is 4.27. The van der Waals surface area contributed by atoms with E-state index in [1.165, 1.54) is 12.1 Å². The minimum atomic E-state index is -0.408. The van der Waals surface area contributed by atoms with Gasteiger partial charge in [-0.05, 0) is 47.7 Å². The maximum atomic E-state index is 13.3. The Balaban J connectivity index is 2.05. The predicted molar refractivity (Wildman–Crippen MR) is 98.6 cm³/mol. The molecule has 0 heterocycles. The summed E-state index contributed by atoms with van der Waals surface area (Å²) < 4.78 is 13.3. The molecular formula is C21H24FNO2. The molecule has 0 unspecified atom stereocenters. The standard InChI is InChI=1S/C21H24FNO2/c1-3-5-17(18-10-8-16(15-24)9-11-18)12-13-23(2)21(25)19-6-4-7-20(22)14-19/h4-11,14,24H,3,12-13,15H2,1-2H3/b17-5-. The van der Waals surface area contributed by atoms with E-state index in [9.17, 15) is 9.18 Å². The summed E-state index contributed by atoms with van der Waals surface area (Å²) >= 11 is 0. The number of aliphatic hydroxyl groups is 1. The largest absolute Gasteiger partial charge is 0.392 e. The Morgan fingerprint density at radius 1 is 1.16 bits per heavy atom. The molecule has 1 N–H and O–H groups in total. The molecule has 0 saturated heterocycles. The molecule has 0 aliphatic carbocycles. The number of hydrogen-bond donors (Lipinski definition) is 1. The highest BCUT2D eigenvalue weighted by Crippen LogP contribution is 2.20. The van der Waals surface area contributed by atoms with Crippen molar-refractivity contribution in [1.29, 1.82) is 0 Å². The van der Waals surface area contributed by atoms with Crippen LogP contribution in [0.5, 0.6) is 0 Å². The molecule has 132 valence electrons. The number of rotatable bonds is 7. The van der Waals surface area contributed by atoms with Gasteiger partial charge in [0.15, 0.2) is 0 Å². The number of benzene rings is 2. The van der Waals surface area contributed by atoms with Gasteiger partial charge >= 0.3 is 0 Å². The van der Waals surface area contributed by atoms with E-state index in [0.717, 1.165) is 23.1 Å². The average Bonchev–Trinajstić information content (AvgIpc) is 2.64. The second kappa shape index (κ2) is 9.14. The molecule has 0 fully saturated rings. The normalized spacial score (nSPS) is 11.4. The third kappa shape index (κ3) is 5.26. The van der Waals surface area contributed by atoms with Crippen LogP contribution in [-0.4, -0.2) is 29.5 Å². The van der Waals surface area contributed by atoms with Gasteiger partial charge in [0.2, 0.25) is 0 Å². The highest BCUT2D eigenvalue weighted by atomic mass is 19.1. The van der Waals surface area contributed by atoms with Crippen LogP contribution in [0.1, 0.15) is 41.3 Å². The first-order valence-electron chi connectivity index (χ1n) is 8.45. The molecule has 0 bridgehead atoms. The van der Waals surface area contributed by atoms with Crippen molar-refractivity contribution in [2.24, 2.45) is 0 Å². The number of aliphatic hydroxyl groups excluding tert-OH is 1. The number of nitrogens with zero attached hydrogens (tertiary/aromatic N) is 1. The average molecular weight is 341 g/mol. The molecule has 0 spiro atoms. The molecule has 3 nitrogen and oxygen atoms in total. The van der Waals surface area contributed by atoms with Crippen LogP contribution in [0.3, 0.4) is 0 Å². The maximum Gasteiger partial charge on any atom is 0.253 e. The van der Waals surface area contributed by atoms with Crippen molar-refractivity contribution < 1.29 is 14.3 Å². The van der Waals surface area contributed by atoms with Gasteiger partial charge in [-0.15, -0.1) is 0 Å². The lowest BCUT2D eigenvalue weighted by Gasteiger charge is -2.19. The number of halogens is 1. The summed E-state index contributed by atoms with van der Waals surface area (Å²) in [4.78, 5) is 14.0. The van der Waals surface area contributed by atoms with Crippen LogP contribution in [0.25, 0.3) is 5.57 Å².